The van der Waals surface area contributed by atoms with Gasteiger partial charge < -0.3 is 4.57 Å². The van der Waals surface area contributed by atoms with Gasteiger partial charge in [0.1, 0.15) is 5.82 Å². The molecule has 0 aliphatic carbocycles. The van der Waals surface area contributed by atoms with Crippen LogP contribution < -0.4 is 0 Å². The molecule has 80 valence electrons. The zero-order chi connectivity index (χ0) is 10.8. The Balaban J connectivity index is 2.56. The van der Waals surface area contributed by atoms with Crippen LogP contribution in [0.3, 0.4) is 0 Å². The lowest BCUT2D eigenvalue weighted by Gasteiger charge is -2.09. The highest BCUT2D eigenvalue weighted by atomic mass is 35.5. The third-order valence-electron chi connectivity index (χ3n) is 2.40. The van der Waals surface area contributed by atoms with Gasteiger partial charge in [-0.25, -0.2) is 4.98 Å². The molecular weight excluding hydrogens is 208 g/mol. The SMILES string of the molecule is CC(C)Cn1c(CCl)nc2ccccc21. The third-order valence-corrected chi connectivity index (χ3v) is 2.64. The minimum Gasteiger partial charge on any atom is -0.327 e. The first kappa shape index (κ1) is 10.5. The molecule has 0 atom stereocenters. The van der Waals surface area contributed by atoms with Crippen molar-refractivity contribution in [1.82, 2.24) is 9.55 Å². The average Bonchev–Trinajstić information content (AvgIpc) is 2.56. The fraction of sp³-hybridized carbons (Fsp3) is 0.417. The standard InChI is InChI=1S/C12H15ClN2/c1-9(2)8-15-11-6-4-3-5-10(11)14-12(15)7-13/h3-6,9H,7-8H2,1-2H3. The molecule has 2 nitrogen and oxygen atoms in total. The summed E-state index contributed by atoms with van der Waals surface area (Å²) < 4.78 is 2.22. The fourth-order valence-electron chi connectivity index (χ4n) is 1.80. The predicted octanol–water partition coefficient (Wildman–Crippen LogP) is 3.43. The second-order valence-corrected chi connectivity index (χ2v) is 4.42. The molecule has 1 aromatic heterocycles. The Kier molecular flexibility index (Phi) is 2.96. The highest BCUT2D eigenvalue weighted by Gasteiger charge is 2.09. The van der Waals surface area contributed by atoms with Gasteiger partial charge in [-0.1, -0.05) is 26.0 Å². The van der Waals surface area contributed by atoms with Crippen molar-refractivity contribution in [3.05, 3.63) is 30.1 Å². The highest BCUT2D eigenvalue weighted by molar-refractivity contribution is 6.16. The molecule has 0 aliphatic rings. The van der Waals surface area contributed by atoms with Crippen molar-refractivity contribution in [3.8, 4) is 0 Å². The Morgan fingerprint density at radius 2 is 2.07 bits per heavy atom. The molecule has 0 saturated heterocycles. The highest BCUT2D eigenvalue weighted by Crippen LogP contribution is 2.18. The second-order valence-electron chi connectivity index (χ2n) is 4.15. The lowest BCUT2D eigenvalue weighted by Crippen LogP contribution is -2.07. The van der Waals surface area contributed by atoms with Crippen molar-refractivity contribution in [2.24, 2.45) is 5.92 Å². The molecule has 15 heavy (non-hydrogen) atoms. The molecule has 0 bridgehead atoms. The van der Waals surface area contributed by atoms with Crippen LogP contribution in [0.1, 0.15) is 19.7 Å². The van der Waals surface area contributed by atoms with Crippen molar-refractivity contribution in [1.29, 1.82) is 0 Å². The van der Waals surface area contributed by atoms with Crippen LogP contribution in [0.2, 0.25) is 0 Å². The lowest BCUT2D eigenvalue weighted by molar-refractivity contribution is 0.522. The van der Waals surface area contributed by atoms with E-state index in [9.17, 15) is 0 Å². The minimum absolute atomic E-state index is 0.474. The Labute approximate surface area is 94.9 Å². The van der Waals surface area contributed by atoms with E-state index in [0.717, 1.165) is 17.9 Å². The monoisotopic (exact) mass is 222 g/mol. The molecule has 2 rings (SSSR count). The van der Waals surface area contributed by atoms with E-state index in [2.05, 4.69) is 29.5 Å². The summed E-state index contributed by atoms with van der Waals surface area (Å²) in [6, 6.07) is 8.18. The summed E-state index contributed by atoms with van der Waals surface area (Å²) in [6.07, 6.45) is 0. The average molecular weight is 223 g/mol. The Bertz CT molecular complexity index is 460. The molecule has 1 aromatic carbocycles. The number of rotatable bonds is 3. The van der Waals surface area contributed by atoms with E-state index in [0.29, 0.717) is 11.8 Å². The quantitative estimate of drug-likeness (QED) is 0.728. The molecule has 0 saturated carbocycles. The van der Waals surface area contributed by atoms with E-state index in [4.69, 9.17) is 11.6 Å². The van der Waals surface area contributed by atoms with Crippen molar-refractivity contribution < 1.29 is 0 Å². The van der Waals surface area contributed by atoms with Gasteiger partial charge in [0, 0.05) is 6.54 Å². The summed E-state index contributed by atoms with van der Waals surface area (Å²) in [4.78, 5) is 4.52. The molecule has 1 heterocycles. The van der Waals surface area contributed by atoms with Gasteiger partial charge in [-0.05, 0) is 18.1 Å². The van der Waals surface area contributed by atoms with Gasteiger partial charge in [0.25, 0.3) is 0 Å². The first-order valence-corrected chi connectivity index (χ1v) is 5.76. The number of halogens is 1. The zero-order valence-corrected chi connectivity index (χ0v) is 9.83. The van der Waals surface area contributed by atoms with E-state index < -0.39 is 0 Å². The van der Waals surface area contributed by atoms with Crippen molar-refractivity contribution in [2.75, 3.05) is 0 Å². The summed E-state index contributed by atoms with van der Waals surface area (Å²) in [6.45, 7) is 5.38. The molecule has 3 heteroatoms. The molecular formula is C12H15ClN2. The van der Waals surface area contributed by atoms with E-state index in [-0.39, 0.29) is 0 Å². The number of imidazole rings is 1. The van der Waals surface area contributed by atoms with Gasteiger partial charge in [0.15, 0.2) is 0 Å². The third kappa shape index (κ3) is 2.00. The van der Waals surface area contributed by atoms with Crippen LogP contribution in [0, 0.1) is 5.92 Å². The summed E-state index contributed by atoms with van der Waals surface area (Å²) in [7, 11) is 0. The first-order chi connectivity index (χ1) is 7.22. The van der Waals surface area contributed by atoms with Crippen molar-refractivity contribution in [3.63, 3.8) is 0 Å². The van der Waals surface area contributed by atoms with E-state index in [1.165, 1.54) is 5.52 Å². The number of nitrogens with zero attached hydrogens (tertiary/aromatic N) is 2. The van der Waals surface area contributed by atoms with E-state index in [1.807, 2.05) is 18.2 Å². The molecule has 0 unspecified atom stereocenters. The number of hydrogen-bond acceptors (Lipinski definition) is 1. The Hall–Kier alpha value is -1.02. The normalized spacial score (nSPS) is 11.5. The summed E-state index contributed by atoms with van der Waals surface area (Å²) in [5.74, 6) is 2.04. The van der Waals surface area contributed by atoms with Crippen molar-refractivity contribution in [2.45, 2.75) is 26.3 Å². The number of benzene rings is 1. The molecule has 0 spiro atoms. The summed E-state index contributed by atoms with van der Waals surface area (Å²) >= 11 is 5.90. The zero-order valence-electron chi connectivity index (χ0n) is 9.07. The number of hydrogen-bond donors (Lipinski definition) is 0. The van der Waals surface area contributed by atoms with Crippen LogP contribution >= 0.6 is 11.6 Å². The summed E-state index contributed by atoms with van der Waals surface area (Å²) in [5.41, 5.74) is 2.22. The number of aromatic nitrogens is 2. The minimum atomic E-state index is 0.474. The van der Waals surface area contributed by atoms with Gasteiger partial charge in [-0.2, -0.15) is 0 Å². The van der Waals surface area contributed by atoms with Crippen LogP contribution in [0.25, 0.3) is 11.0 Å². The van der Waals surface area contributed by atoms with Gasteiger partial charge in [0.05, 0.1) is 16.9 Å². The number of fused-ring (bicyclic) bond motifs is 1. The maximum absolute atomic E-state index is 5.90. The smallest absolute Gasteiger partial charge is 0.124 e. The molecule has 2 aromatic rings. The Morgan fingerprint density at radius 3 is 2.73 bits per heavy atom. The maximum atomic E-state index is 5.90. The first-order valence-electron chi connectivity index (χ1n) is 5.22. The lowest BCUT2D eigenvalue weighted by atomic mass is 10.2. The molecule has 0 N–H and O–H groups in total. The Morgan fingerprint density at radius 1 is 1.33 bits per heavy atom. The van der Waals surface area contributed by atoms with Crippen molar-refractivity contribution >= 4 is 22.6 Å². The topological polar surface area (TPSA) is 17.8 Å². The molecule has 0 radical (unpaired) electrons. The van der Waals surface area contributed by atoms with Crippen LogP contribution in [-0.4, -0.2) is 9.55 Å². The van der Waals surface area contributed by atoms with Gasteiger partial charge in [-0.3, -0.25) is 0 Å². The van der Waals surface area contributed by atoms with Gasteiger partial charge in [0.2, 0.25) is 0 Å². The van der Waals surface area contributed by atoms with Gasteiger partial charge >= 0.3 is 0 Å². The van der Waals surface area contributed by atoms with Gasteiger partial charge in [-0.15, -0.1) is 11.6 Å². The van der Waals surface area contributed by atoms with Crippen LogP contribution in [0.4, 0.5) is 0 Å². The number of para-hydroxylation sites is 2. The predicted molar refractivity (Wildman–Crippen MR) is 64.1 cm³/mol. The van der Waals surface area contributed by atoms with Crippen LogP contribution in [0.15, 0.2) is 24.3 Å². The molecule has 0 amide bonds. The number of alkyl halides is 1. The van der Waals surface area contributed by atoms with E-state index in [1.54, 1.807) is 0 Å². The molecule has 0 fully saturated rings. The maximum Gasteiger partial charge on any atom is 0.124 e. The summed E-state index contributed by atoms with van der Waals surface area (Å²) in [5, 5.41) is 0. The van der Waals surface area contributed by atoms with Crippen LogP contribution in [-0.2, 0) is 12.4 Å². The largest absolute Gasteiger partial charge is 0.327 e. The molecule has 0 aliphatic heterocycles. The second kappa shape index (κ2) is 4.23. The van der Waals surface area contributed by atoms with Crippen LogP contribution in [0.5, 0.6) is 0 Å². The van der Waals surface area contributed by atoms with E-state index >= 15 is 0 Å². The fourth-order valence-corrected chi connectivity index (χ4v) is 2.00.